The van der Waals surface area contributed by atoms with Crippen molar-refractivity contribution < 1.29 is 24.7 Å². The van der Waals surface area contributed by atoms with Gasteiger partial charge in [0.25, 0.3) is 0 Å². The fourth-order valence-corrected chi connectivity index (χ4v) is 4.08. The van der Waals surface area contributed by atoms with Crippen molar-refractivity contribution in [2.75, 3.05) is 0 Å². The summed E-state index contributed by atoms with van der Waals surface area (Å²) in [6.07, 6.45) is 3.59. The van der Waals surface area contributed by atoms with Gasteiger partial charge in [0.2, 0.25) is 0 Å². The minimum absolute atomic E-state index is 0. The summed E-state index contributed by atoms with van der Waals surface area (Å²) in [5.74, 6) is 0. The summed E-state index contributed by atoms with van der Waals surface area (Å²) in [5, 5.41) is 0. The predicted molar refractivity (Wildman–Crippen MR) is 92.1 cm³/mol. The Bertz CT molecular complexity index is 645. The van der Waals surface area contributed by atoms with Gasteiger partial charge < -0.3 is 0 Å². The number of hydrogen-bond donors (Lipinski definition) is 0. The Kier molecular flexibility index (Phi) is 6.92. The first kappa shape index (κ1) is 18.7. The Labute approximate surface area is 154 Å². The molecule has 3 heteroatoms. The van der Waals surface area contributed by atoms with Crippen LogP contribution in [0.15, 0.2) is 48.0 Å². The van der Waals surface area contributed by atoms with Crippen LogP contribution in [0.4, 0.5) is 0 Å². The Hall–Kier alpha value is -0.357. The second-order valence-corrected chi connectivity index (χ2v) is 6.60. The fourth-order valence-electron chi connectivity index (χ4n) is 2.76. The predicted octanol–water partition coefficient (Wildman–Crippen LogP) is 5.90. The topological polar surface area (TPSA) is 0 Å². The molecule has 1 aliphatic carbocycles. The SMILES string of the molecule is CCC1=Cc2c(-c3ccc(C)cc3)cccc2[CH]1[Zr].Cl.Cl. The molecule has 0 saturated heterocycles. The minimum Gasteiger partial charge on any atom is -0.147 e. The second-order valence-electron chi connectivity index (χ2n) is 5.18. The van der Waals surface area contributed by atoms with Gasteiger partial charge in [-0.2, -0.15) is 0 Å². The maximum absolute atomic E-state index is 2.42. The molecular formula is C18H19Cl2Zr. The summed E-state index contributed by atoms with van der Waals surface area (Å²) in [4.78, 5) is 0. The molecule has 0 amide bonds. The van der Waals surface area contributed by atoms with E-state index in [1.54, 1.807) is 30.3 Å². The van der Waals surface area contributed by atoms with Gasteiger partial charge in [-0.05, 0) is 0 Å². The van der Waals surface area contributed by atoms with E-state index in [1.807, 2.05) is 0 Å². The number of benzene rings is 2. The molecular weight excluding hydrogens is 378 g/mol. The van der Waals surface area contributed by atoms with Gasteiger partial charge in [0.1, 0.15) is 0 Å². The van der Waals surface area contributed by atoms with Crippen molar-refractivity contribution in [3.63, 3.8) is 0 Å². The molecule has 0 nitrogen and oxygen atoms in total. The van der Waals surface area contributed by atoms with Crippen LogP contribution < -0.4 is 0 Å². The van der Waals surface area contributed by atoms with Gasteiger partial charge in [0, 0.05) is 0 Å². The third-order valence-electron chi connectivity index (χ3n) is 3.92. The van der Waals surface area contributed by atoms with Gasteiger partial charge in [-0.25, -0.2) is 0 Å². The average molecular weight is 397 g/mol. The van der Waals surface area contributed by atoms with Crippen LogP contribution in [0.2, 0.25) is 0 Å². The molecule has 2 aromatic rings. The van der Waals surface area contributed by atoms with Gasteiger partial charge in [0.15, 0.2) is 0 Å². The summed E-state index contributed by atoms with van der Waals surface area (Å²) in [5.41, 5.74) is 8.59. The van der Waals surface area contributed by atoms with Crippen LogP contribution in [0.5, 0.6) is 0 Å². The van der Waals surface area contributed by atoms with E-state index < -0.39 is 0 Å². The quantitative estimate of drug-likeness (QED) is 0.592. The summed E-state index contributed by atoms with van der Waals surface area (Å²) in [6.45, 7) is 4.40. The Balaban J connectivity index is 0.00000110. The molecule has 0 aromatic heterocycles. The molecule has 1 aliphatic rings. The number of allylic oxidation sites excluding steroid dienone is 1. The molecule has 1 atom stereocenters. The second kappa shape index (κ2) is 7.77. The van der Waals surface area contributed by atoms with Crippen LogP contribution in [0.3, 0.4) is 0 Å². The first-order chi connectivity index (χ1) is 9.20. The van der Waals surface area contributed by atoms with Gasteiger partial charge in [-0.1, -0.05) is 0 Å². The maximum atomic E-state index is 2.42. The van der Waals surface area contributed by atoms with E-state index in [0.29, 0.717) is 3.63 Å². The minimum atomic E-state index is 0. The molecule has 0 saturated carbocycles. The first-order valence-corrected chi connectivity index (χ1v) is 8.24. The van der Waals surface area contributed by atoms with Gasteiger partial charge in [0.05, 0.1) is 0 Å². The zero-order chi connectivity index (χ0) is 13.4. The molecule has 0 spiro atoms. The number of hydrogen-bond acceptors (Lipinski definition) is 0. The fraction of sp³-hybridized carbons (Fsp3) is 0.222. The van der Waals surface area contributed by atoms with E-state index in [-0.39, 0.29) is 24.8 Å². The summed E-state index contributed by atoms with van der Waals surface area (Å²) >= 11 is 1.60. The molecule has 0 heterocycles. The molecule has 0 N–H and O–H groups in total. The van der Waals surface area contributed by atoms with Crippen LogP contribution >= 0.6 is 24.8 Å². The molecule has 0 radical (unpaired) electrons. The maximum Gasteiger partial charge on any atom is -0.147 e. The van der Waals surface area contributed by atoms with Gasteiger partial charge in [-0.15, -0.1) is 24.8 Å². The standard InChI is InChI=1S/C18H17.2ClH.Zr/c1-3-14-11-16-5-4-6-17(18(16)12-14)15-9-7-13(2)8-10-15;;;/h4-12H,3H2,1-2H3;2*1H;. The summed E-state index contributed by atoms with van der Waals surface area (Å²) < 4.78 is 0.664. The first-order valence-electron chi connectivity index (χ1n) is 6.82. The summed E-state index contributed by atoms with van der Waals surface area (Å²) in [7, 11) is 0. The van der Waals surface area contributed by atoms with E-state index >= 15 is 0 Å². The van der Waals surface area contributed by atoms with Crippen LogP contribution in [0, 0.1) is 6.92 Å². The van der Waals surface area contributed by atoms with E-state index in [9.17, 15) is 0 Å². The molecule has 1 unspecified atom stereocenters. The van der Waals surface area contributed by atoms with E-state index in [0.717, 1.165) is 6.42 Å². The van der Waals surface area contributed by atoms with E-state index in [1.165, 1.54) is 27.8 Å². The third kappa shape index (κ3) is 3.53. The van der Waals surface area contributed by atoms with Crippen LogP contribution in [0.25, 0.3) is 17.2 Å². The van der Waals surface area contributed by atoms with Crippen molar-refractivity contribution in [1.29, 1.82) is 0 Å². The normalized spacial score (nSPS) is 15.5. The molecule has 21 heavy (non-hydrogen) atoms. The van der Waals surface area contributed by atoms with Crippen LogP contribution in [-0.2, 0) is 24.7 Å². The largest absolute Gasteiger partial charge is 0.147 e. The third-order valence-corrected chi connectivity index (χ3v) is 5.60. The molecule has 2 aromatic carbocycles. The molecule has 109 valence electrons. The number of fused-ring (bicyclic) bond motifs is 1. The zero-order valence-electron chi connectivity index (χ0n) is 12.2. The smallest absolute Gasteiger partial charge is 0.147 e. The number of aryl methyl sites for hydroxylation is 1. The number of halogens is 2. The molecule has 0 bridgehead atoms. The Morgan fingerprint density at radius 2 is 1.67 bits per heavy atom. The molecule has 0 aliphatic heterocycles. The number of rotatable bonds is 2. The Morgan fingerprint density at radius 3 is 2.29 bits per heavy atom. The molecule has 0 fully saturated rings. The van der Waals surface area contributed by atoms with Crippen molar-refractivity contribution in [1.82, 2.24) is 0 Å². The van der Waals surface area contributed by atoms with Crippen molar-refractivity contribution in [2.24, 2.45) is 0 Å². The van der Waals surface area contributed by atoms with Crippen molar-refractivity contribution >= 4 is 30.9 Å². The van der Waals surface area contributed by atoms with Crippen molar-refractivity contribution in [2.45, 2.75) is 23.9 Å². The molecule has 3 rings (SSSR count). The van der Waals surface area contributed by atoms with E-state index in [4.69, 9.17) is 0 Å². The van der Waals surface area contributed by atoms with E-state index in [2.05, 4.69) is 62.4 Å². The zero-order valence-corrected chi connectivity index (χ0v) is 16.3. The van der Waals surface area contributed by atoms with Gasteiger partial charge in [-0.3, -0.25) is 0 Å². The van der Waals surface area contributed by atoms with Crippen molar-refractivity contribution in [3.8, 4) is 11.1 Å². The Morgan fingerprint density at radius 1 is 1.00 bits per heavy atom. The summed E-state index contributed by atoms with van der Waals surface area (Å²) in [6, 6.07) is 15.6. The van der Waals surface area contributed by atoms with Crippen molar-refractivity contribution in [3.05, 3.63) is 64.7 Å². The van der Waals surface area contributed by atoms with Crippen LogP contribution in [0.1, 0.15) is 33.7 Å². The average Bonchev–Trinajstić information content (AvgIpc) is 2.77. The van der Waals surface area contributed by atoms with Crippen LogP contribution in [-0.4, -0.2) is 0 Å². The van der Waals surface area contributed by atoms with Gasteiger partial charge >= 0.3 is 131 Å². The monoisotopic (exact) mass is 395 g/mol.